The maximum Gasteiger partial charge on any atom is 0.191 e. The molecule has 3 rings (SSSR count). The first-order chi connectivity index (χ1) is 10.4. The summed E-state index contributed by atoms with van der Waals surface area (Å²) in [4.78, 5) is 0. The highest BCUT2D eigenvalue weighted by molar-refractivity contribution is 5.46. The van der Waals surface area contributed by atoms with E-state index in [1.807, 2.05) is 13.8 Å². The van der Waals surface area contributed by atoms with Gasteiger partial charge < -0.3 is 9.47 Å². The first kappa shape index (κ1) is 14.8. The number of para-hydroxylation sites is 1. The Morgan fingerprint density at radius 3 is 2.41 bits per heavy atom. The topological polar surface area (TPSA) is 18.5 Å². The average molecular weight is 308 g/mol. The van der Waals surface area contributed by atoms with Crippen molar-refractivity contribution in [2.75, 3.05) is 0 Å². The Balaban J connectivity index is 1.88. The predicted molar refractivity (Wildman–Crippen MR) is 75.5 cm³/mol. The Morgan fingerprint density at radius 1 is 1.05 bits per heavy atom. The summed E-state index contributed by atoms with van der Waals surface area (Å²) in [6.45, 7) is 3.61. The number of benzene rings is 2. The van der Waals surface area contributed by atoms with Gasteiger partial charge in [-0.05, 0) is 38.1 Å². The minimum atomic E-state index is -0.778. The summed E-state index contributed by atoms with van der Waals surface area (Å²) in [5.74, 6) is -1.94. The van der Waals surface area contributed by atoms with Crippen molar-refractivity contribution >= 4 is 0 Å². The number of fused-ring (bicyclic) bond motifs is 1. The van der Waals surface area contributed by atoms with Crippen molar-refractivity contribution in [3.63, 3.8) is 0 Å². The summed E-state index contributed by atoms with van der Waals surface area (Å²) in [5, 5.41) is 0. The minimum Gasteiger partial charge on any atom is -0.487 e. The predicted octanol–water partition coefficient (Wildman–Crippen LogP) is 4.40. The third-order valence-electron chi connectivity index (χ3n) is 3.56. The molecule has 0 N–H and O–H groups in total. The lowest BCUT2D eigenvalue weighted by molar-refractivity contribution is 0.135. The molecule has 0 unspecified atom stereocenters. The largest absolute Gasteiger partial charge is 0.487 e. The lowest BCUT2D eigenvalue weighted by Gasteiger charge is -2.18. The molecule has 22 heavy (non-hydrogen) atoms. The fourth-order valence-electron chi connectivity index (χ4n) is 2.57. The van der Waals surface area contributed by atoms with Gasteiger partial charge in [0.2, 0.25) is 0 Å². The van der Waals surface area contributed by atoms with Crippen LogP contribution in [0.3, 0.4) is 0 Å². The Labute approximate surface area is 126 Å². The van der Waals surface area contributed by atoms with Crippen LogP contribution < -0.4 is 9.47 Å². The standard InChI is InChI=1S/C17H15F3O2/c1-17(2)8-11-12(18)7-6-10(15(11)22-17)9-21-16-13(19)4-3-5-14(16)20/h3-7H,8-9H2,1-2H3. The third kappa shape index (κ3) is 2.63. The molecule has 0 radical (unpaired) electrons. The molecule has 0 saturated carbocycles. The normalized spacial score (nSPS) is 15.3. The molecule has 5 heteroatoms. The second-order valence-corrected chi connectivity index (χ2v) is 5.89. The molecule has 116 valence electrons. The Bertz CT molecular complexity index is 706. The molecule has 0 amide bonds. The number of rotatable bonds is 3. The summed E-state index contributed by atoms with van der Waals surface area (Å²) in [6.07, 6.45) is 0.441. The van der Waals surface area contributed by atoms with E-state index in [2.05, 4.69) is 0 Å². The van der Waals surface area contributed by atoms with Crippen molar-refractivity contribution < 1.29 is 22.6 Å². The Kier molecular flexibility index (Phi) is 3.51. The second kappa shape index (κ2) is 5.23. The smallest absolute Gasteiger partial charge is 0.191 e. The molecule has 0 bridgehead atoms. The van der Waals surface area contributed by atoms with E-state index in [9.17, 15) is 13.2 Å². The van der Waals surface area contributed by atoms with Gasteiger partial charge in [0, 0.05) is 17.5 Å². The first-order valence-corrected chi connectivity index (χ1v) is 6.93. The van der Waals surface area contributed by atoms with Crippen molar-refractivity contribution in [1.29, 1.82) is 0 Å². The second-order valence-electron chi connectivity index (χ2n) is 5.89. The molecule has 2 aromatic carbocycles. The monoisotopic (exact) mass is 308 g/mol. The number of hydrogen-bond donors (Lipinski definition) is 0. The zero-order chi connectivity index (χ0) is 15.9. The van der Waals surface area contributed by atoms with Crippen molar-refractivity contribution in [3.8, 4) is 11.5 Å². The molecule has 0 atom stereocenters. The summed E-state index contributed by atoms with van der Waals surface area (Å²) in [5.41, 5.74) is 0.521. The highest BCUT2D eigenvalue weighted by Crippen LogP contribution is 2.39. The van der Waals surface area contributed by atoms with Crippen molar-refractivity contribution in [1.82, 2.24) is 0 Å². The highest BCUT2D eigenvalue weighted by Gasteiger charge is 2.34. The van der Waals surface area contributed by atoms with Crippen molar-refractivity contribution in [3.05, 3.63) is 58.9 Å². The van der Waals surface area contributed by atoms with E-state index >= 15 is 0 Å². The molecule has 0 aliphatic carbocycles. The number of halogens is 3. The van der Waals surface area contributed by atoms with Crippen molar-refractivity contribution in [2.24, 2.45) is 0 Å². The maximum absolute atomic E-state index is 13.9. The van der Waals surface area contributed by atoms with Gasteiger partial charge in [-0.3, -0.25) is 0 Å². The molecule has 1 aliphatic heterocycles. The van der Waals surface area contributed by atoms with E-state index in [4.69, 9.17) is 9.47 Å². The summed E-state index contributed by atoms with van der Waals surface area (Å²) >= 11 is 0. The van der Waals surface area contributed by atoms with E-state index in [1.54, 1.807) is 0 Å². The van der Waals surface area contributed by atoms with Gasteiger partial charge in [-0.15, -0.1) is 0 Å². The van der Waals surface area contributed by atoms with Crippen molar-refractivity contribution in [2.45, 2.75) is 32.5 Å². The molecular formula is C17H15F3O2. The lowest BCUT2D eigenvalue weighted by atomic mass is 10.00. The lowest BCUT2D eigenvalue weighted by Crippen LogP contribution is -2.25. The van der Waals surface area contributed by atoms with Crippen LogP contribution in [-0.4, -0.2) is 5.60 Å². The van der Waals surface area contributed by atoms with Crippen LogP contribution in [0.5, 0.6) is 11.5 Å². The van der Waals surface area contributed by atoms with Gasteiger partial charge in [-0.25, -0.2) is 13.2 Å². The molecule has 1 heterocycles. The van der Waals surface area contributed by atoms with Gasteiger partial charge in [-0.1, -0.05) is 6.07 Å². The quantitative estimate of drug-likeness (QED) is 0.837. The molecule has 1 aliphatic rings. The van der Waals surface area contributed by atoms with E-state index in [0.29, 0.717) is 23.3 Å². The van der Waals surface area contributed by atoms with Crippen LogP contribution in [0.1, 0.15) is 25.0 Å². The van der Waals surface area contributed by atoms with E-state index in [0.717, 1.165) is 12.1 Å². The summed E-state index contributed by atoms with van der Waals surface area (Å²) < 4.78 is 52.0. The zero-order valence-electron chi connectivity index (χ0n) is 12.3. The van der Waals surface area contributed by atoms with Crippen LogP contribution in [0, 0.1) is 17.5 Å². The maximum atomic E-state index is 13.9. The molecule has 0 spiro atoms. The van der Waals surface area contributed by atoms with E-state index in [-0.39, 0.29) is 12.4 Å². The van der Waals surface area contributed by atoms with Crippen LogP contribution in [0.2, 0.25) is 0 Å². The Morgan fingerprint density at radius 2 is 1.73 bits per heavy atom. The van der Waals surface area contributed by atoms with E-state index < -0.39 is 23.0 Å². The summed E-state index contributed by atoms with van der Waals surface area (Å²) in [7, 11) is 0. The summed E-state index contributed by atoms with van der Waals surface area (Å²) in [6, 6.07) is 6.33. The van der Waals surface area contributed by atoms with Gasteiger partial charge in [0.1, 0.15) is 23.8 Å². The molecular weight excluding hydrogens is 293 g/mol. The van der Waals surface area contributed by atoms with Crippen LogP contribution in [0.15, 0.2) is 30.3 Å². The van der Waals surface area contributed by atoms with Crippen LogP contribution in [0.4, 0.5) is 13.2 Å². The van der Waals surface area contributed by atoms with Crippen LogP contribution in [-0.2, 0) is 13.0 Å². The third-order valence-corrected chi connectivity index (χ3v) is 3.56. The zero-order valence-corrected chi connectivity index (χ0v) is 12.3. The average Bonchev–Trinajstić information content (AvgIpc) is 2.77. The van der Waals surface area contributed by atoms with Crippen LogP contribution >= 0.6 is 0 Å². The molecule has 0 saturated heterocycles. The van der Waals surface area contributed by atoms with Gasteiger partial charge in [-0.2, -0.15) is 0 Å². The minimum absolute atomic E-state index is 0.101. The molecule has 0 fully saturated rings. The fraction of sp³-hybridized carbons (Fsp3) is 0.294. The van der Waals surface area contributed by atoms with Gasteiger partial charge in [0.15, 0.2) is 17.4 Å². The SMILES string of the molecule is CC1(C)Cc2c(F)ccc(COc3c(F)cccc3F)c2O1. The molecule has 0 aromatic heterocycles. The van der Waals surface area contributed by atoms with Crippen LogP contribution in [0.25, 0.3) is 0 Å². The number of hydrogen-bond acceptors (Lipinski definition) is 2. The molecule has 2 nitrogen and oxygen atoms in total. The first-order valence-electron chi connectivity index (χ1n) is 6.93. The molecule has 2 aromatic rings. The van der Waals surface area contributed by atoms with Gasteiger partial charge in [0.25, 0.3) is 0 Å². The van der Waals surface area contributed by atoms with E-state index in [1.165, 1.54) is 18.2 Å². The highest BCUT2D eigenvalue weighted by atomic mass is 19.1. The fourth-order valence-corrected chi connectivity index (χ4v) is 2.57. The van der Waals surface area contributed by atoms with Gasteiger partial charge in [0.05, 0.1) is 0 Å². The Hall–Kier alpha value is -2.17. The number of ether oxygens (including phenoxy) is 2. The van der Waals surface area contributed by atoms with Gasteiger partial charge >= 0.3 is 0 Å².